The summed E-state index contributed by atoms with van der Waals surface area (Å²) in [4.78, 5) is 0. The van der Waals surface area contributed by atoms with Crippen molar-refractivity contribution in [1.82, 2.24) is 9.13 Å². The number of aromatic nitrogens is 7. The van der Waals surface area contributed by atoms with Crippen LogP contribution in [0.3, 0.4) is 0 Å². The average molecular weight is 1320 g/mol. The molecule has 0 aliphatic heterocycles. The molecule has 7 heteroatoms. The lowest BCUT2D eigenvalue weighted by Crippen LogP contribution is -2.35. The third-order valence-corrected chi connectivity index (χ3v) is 18.9. The molecule has 6 heterocycles. The van der Waals surface area contributed by atoms with Crippen molar-refractivity contribution in [2.24, 2.45) is 35.2 Å². The minimum absolute atomic E-state index is 0.0792. The van der Waals surface area contributed by atoms with Crippen molar-refractivity contribution in [2.45, 2.75) is 95.5 Å². The first-order chi connectivity index (χ1) is 54.1. The molecule has 0 atom stereocenters. The smallest absolute Gasteiger partial charge is 0.230 e. The van der Waals surface area contributed by atoms with Crippen LogP contribution < -0.4 is 22.7 Å². The fourth-order valence-electron chi connectivity index (χ4n) is 13.2. The van der Waals surface area contributed by atoms with Crippen LogP contribution in [-0.2, 0) is 35.2 Å². The monoisotopic (exact) mass is 1320 g/mol. The highest BCUT2D eigenvalue weighted by Gasteiger charge is 2.30. The molecule has 0 aliphatic carbocycles. The number of hydrogen-bond acceptors (Lipinski definition) is 0. The molecular formula is C92H98N7+5. The van der Waals surface area contributed by atoms with Crippen molar-refractivity contribution in [2.75, 3.05) is 0 Å². The second kappa shape index (κ2) is 30.3. The first-order valence-corrected chi connectivity index (χ1v) is 33.3. The molecule has 15 rings (SSSR count). The topological polar surface area (TPSA) is 29.5 Å². The van der Waals surface area contributed by atoms with Crippen molar-refractivity contribution in [3.63, 3.8) is 0 Å². The molecule has 0 aliphatic rings. The number of nitrogens with zero attached hydrogens (tertiary/aromatic N) is 7. The lowest BCUT2D eigenvalue weighted by molar-refractivity contribution is -0.667. The fraction of sp³-hybridized carbons (Fsp3) is 0.207. The molecule has 9 aromatic carbocycles. The Morgan fingerprint density at radius 1 is 0.394 bits per heavy atom. The molecule has 7 nitrogen and oxygen atoms in total. The van der Waals surface area contributed by atoms with Crippen LogP contribution in [0.1, 0.15) is 109 Å². The summed E-state index contributed by atoms with van der Waals surface area (Å²) in [5.41, 5.74) is 23.8. The maximum Gasteiger partial charge on any atom is 0.295 e. The number of aryl methyl sites for hydroxylation is 14. The van der Waals surface area contributed by atoms with Crippen LogP contribution in [0.4, 0.5) is 0 Å². The van der Waals surface area contributed by atoms with Crippen LogP contribution in [0.5, 0.6) is 0 Å². The quantitative estimate of drug-likeness (QED) is 0.112. The summed E-state index contributed by atoms with van der Waals surface area (Å²) in [5.74, 6) is -2.10. The van der Waals surface area contributed by atoms with Gasteiger partial charge in [0.1, 0.15) is 44.2 Å². The van der Waals surface area contributed by atoms with E-state index in [2.05, 4.69) is 123 Å². The van der Waals surface area contributed by atoms with Crippen molar-refractivity contribution in [3.8, 4) is 62.0 Å². The first kappa shape index (κ1) is 51.3. The summed E-state index contributed by atoms with van der Waals surface area (Å²) in [6.07, 6.45) is 5.61. The molecule has 0 radical (unpaired) electrons. The largest absolute Gasteiger partial charge is 0.295 e. The molecular weight excluding hydrogens is 1200 g/mol. The Kier molecular flexibility index (Phi) is 15.7. The number of pyridine rings is 4. The van der Waals surface area contributed by atoms with Crippen LogP contribution in [0.2, 0.25) is 0 Å². The van der Waals surface area contributed by atoms with E-state index in [0.29, 0.717) is 22.4 Å². The minimum Gasteiger partial charge on any atom is -0.230 e. The fourth-order valence-corrected chi connectivity index (χ4v) is 13.2. The third kappa shape index (κ3) is 14.6. The Bertz CT molecular complexity index is 6030. The molecule has 0 spiro atoms. The maximum absolute atomic E-state index is 8.99. The number of hydrogen-bond donors (Lipinski definition) is 0. The Labute approximate surface area is 610 Å². The van der Waals surface area contributed by atoms with Gasteiger partial charge in [0.2, 0.25) is 17.1 Å². The van der Waals surface area contributed by atoms with Crippen LogP contribution in [0.25, 0.3) is 100 Å². The van der Waals surface area contributed by atoms with Crippen molar-refractivity contribution in [3.05, 3.63) is 328 Å². The molecule has 0 saturated heterocycles. The predicted molar refractivity (Wildman–Crippen MR) is 414 cm³/mol. The molecule has 0 amide bonds. The zero-order valence-corrected chi connectivity index (χ0v) is 59.0. The summed E-state index contributed by atoms with van der Waals surface area (Å²) in [6.45, 7) is 3.82. The van der Waals surface area contributed by atoms with Gasteiger partial charge in [0, 0.05) is 104 Å². The molecule has 99 heavy (non-hydrogen) atoms. The number of fused-ring (bicyclic) bond motifs is 7. The second-order valence-corrected chi connectivity index (χ2v) is 25.5. The average Bonchev–Trinajstić information content (AvgIpc) is 1.67. The second-order valence-electron chi connectivity index (χ2n) is 25.5. The van der Waals surface area contributed by atoms with Crippen LogP contribution in [-0.4, -0.2) is 9.13 Å². The van der Waals surface area contributed by atoms with Crippen LogP contribution in [0.15, 0.2) is 261 Å². The van der Waals surface area contributed by atoms with E-state index >= 15 is 0 Å². The van der Waals surface area contributed by atoms with Gasteiger partial charge in [0.15, 0.2) is 29.1 Å². The Morgan fingerprint density at radius 3 is 1.59 bits per heavy atom. The zero-order chi connectivity index (χ0) is 83.8. The van der Waals surface area contributed by atoms with Gasteiger partial charge in [0.05, 0.1) is 25.0 Å². The van der Waals surface area contributed by atoms with Gasteiger partial charge >= 0.3 is 0 Å². The SMILES string of the molecule is Cc1cccc2c3ccccc3[n+]3cc(C)n(C)c3c12.[2H]C([2H])([2H])C([2H])(c1ccccc1-[n+]1c(-c2ccccc2C)n(C)c2cc(-c3ccccc3)ccc21)C([2H])([2H])[2H].[2H]C([2H])([2H])c1c[n+](C)c(-c2ccccc2C)cc1C.[2H]C([2H])([2H])c1ccc(-c2ccccc2C)[n+](C)c1.[2H]C([2H])([2H])c1ccc(-c2ccccc2C)[n+](C)c1C. The molecule has 0 unspecified atom stereocenters. The first-order valence-electron chi connectivity index (χ1n) is 41.3. The minimum atomic E-state index is -3.11. The van der Waals surface area contributed by atoms with Crippen LogP contribution in [0, 0.1) is 75.9 Å². The molecule has 496 valence electrons. The summed E-state index contributed by atoms with van der Waals surface area (Å²) >= 11 is 0. The van der Waals surface area contributed by atoms with Gasteiger partial charge in [0.25, 0.3) is 11.5 Å². The van der Waals surface area contributed by atoms with Gasteiger partial charge < -0.3 is 0 Å². The standard InChI is InChI=1S/C30H29N2.C18H17N2.2C15H18N.C14H16N/c1-21(2)25-15-10-11-17-27(25)32-28-19-18-24(23-13-6-5-7-14-23)20-29(28)31(4)30(32)26-16-9-8-12-22(26)3;1-12-7-6-9-15-14-8-4-5-10-16(14)20-11-13(2)19(3)18(20)17(12)15;1-11-7-5-6-8-14(11)15-9-12(2)13(3)10-16(15)4;1-11-9-10-15(16(4)13(11)3)14-8-6-5-7-12(14)2;1-11-8-9-14(15(3)10-11)13-7-5-4-6-12(13)2/h5-21H,1-4H3;4-11H,1-3H3;2*5-10H,1-4H3;4-10H,1-3H3/q5*+1/i1D3,2D3,21D;;3D3;2*1D3. The summed E-state index contributed by atoms with van der Waals surface area (Å²) in [6, 6.07) is 79.0. The van der Waals surface area contributed by atoms with Gasteiger partial charge in [-0.2, -0.15) is 13.5 Å². The van der Waals surface area contributed by atoms with Gasteiger partial charge in [-0.25, -0.2) is 18.3 Å². The highest BCUT2D eigenvalue weighted by molar-refractivity contribution is 6.10. The predicted octanol–water partition coefficient (Wildman–Crippen LogP) is 19.9. The molecule has 0 bridgehead atoms. The number of benzene rings is 9. The van der Waals surface area contributed by atoms with E-state index in [4.69, 9.17) is 21.9 Å². The Hall–Kier alpha value is -10.9. The molecule has 0 saturated carbocycles. The zero-order valence-electron chi connectivity index (χ0n) is 75.0. The lowest BCUT2D eigenvalue weighted by Gasteiger charge is -2.12. The van der Waals surface area contributed by atoms with E-state index < -0.39 is 40.2 Å². The highest BCUT2D eigenvalue weighted by Crippen LogP contribution is 2.34. The van der Waals surface area contributed by atoms with E-state index in [0.717, 1.165) is 84.1 Å². The number of rotatable bonds is 7. The molecule has 6 aromatic heterocycles. The van der Waals surface area contributed by atoms with E-state index in [1.807, 2.05) is 212 Å². The van der Waals surface area contributed by atoms with E-state index in [1.54, 1.807) is 42.7 Å². The number of para-hydroxylation sites is 2. The van der Waals surface area contributed by atoms with Crippen LogP contribution >= 0.6 is 0 Å². The Balaban J connectivity index is 0.000000148. The summed E-state index contributed by atoms with van der Waals surface area (Å²) in [7, 11) is 9.75. The normalized spacial score (nSPS) is 14.2. The number of imidazole rings is 2. The van der Waals surface area contributed by atoms with Crippen molar-refractivity contribution < 1.29 is 44.6 Å². The van der Waals surface area contributed by atoms with Gasteiger partial charge in [-0.15, -0.1) is 0 Å². The van der Waals surface area contributed by atoms with E-state index in [9.17, 15) is 0 Å². The Morgan fingerprint density at radius 2 is 0.949 bits per heavy atom. The third-order valence-electron chi connectivity index (χ3n) is 18.9. The van der Waals surface area contributed by atoms with Gasteiger partial charge in [-0.3, -0.25) is 0 Å². The van der Waals surface area contributed by atoms with E-state index in [-0.39, 0.29) is 5.56 Å². The molecule has 0 fully saturated rings. The molecule has 15 aromatic rings. The highest BCUT2D eigenvalue weighted by atomic mass is 15.2. The van der Waals surface area contributed by atoms with Crippen molar-refractivity contribution >= 4 is 38.4 Å². The van der Waals surface area contributed by atoms with Gasteiger partial charge in [-0.05, 0) is 179 Å². The van der Waals surface area contributed by atoms with E-state index in [1.165, 1.54) is 61.3 Å². The summed E-state index contributed by atoms with van der Waals surface area (Å²) in [5, 5.41) is 4.00. The summed E-state index contributed by atoms with van der Waals surface area (Å²) < 4.78 is 140. The lowest BCUT2D eigenvalue weighted by atomic mass is 10.0. The van der Waals surface area contributed by atoms with Gasteiger partial charge in [-0.1, -0.05) is 171 Å². The van der Waals surface area contributed by atoms with Crippen molar-refractivity contribution in [1.29, 1.82) is 0 Å². The molecule has 0 N–H and O–H groups in total. The maximum atomic E-state index is 8.99.